The number of likely N-dealkylation sites (tertiary alicyclic amines) is 1. The summed E-state index contributed by atoms with van der Waals surface area (Å²) in [5.41, 5.74) is 1.24. The fourth-order valence-electron chi connectivity index (χ4n) is 2.10. The van der Waals surface area contributed by atoms with Crippen LogP contribution in [-0.2, 0) is 0 Å². The fraction of sp³-hybridized carbons (Fsp3) is 0.500. The summed E-state index contributed by atoms with van der Waals surface area (Å²) in [6.07, 6.45) is 0. The second-order valence-corrected chi connectivity index (χ2v) is 5.00. The Kier molecular flexibility index (Phi) is 3.40. The zero-order valence-electron chi connectivity index (χ0n) is 9.79. The lowest BCUT2D eigenvalue weighted by atomic mass is 9.91. The lowest BCUT2D eigenvalue weighted by Crippen LogP contribution is -2.41. The SMILES string of the molecule is COc1cc(C2CN(C)C2)c(OC)cc1Br. The molecule has 4 heteroatoms. The highest BCUT2D eigenvalue weighted by Crippen LogP contribution is 2.39. The molecule has 1 aromatic rings. The normalized spacial score (nSPS) is 17.0. The average Bonchev–Trinajstić information content (AvgIpc) is 2.24. The number of halogens is 1. The molecular weight excluding hydrogens is 270 g/mol. The van der Waals surface area contributed by atoms with Gasteiger partial charge in [0.15, 0.2) is 0 Å². The van der Waals surface area contributed by atoms with E-state index in [1.54, 1.807) is 14.2 Å². The van der Waals surface area contributed by atoms with Gasteiger partial charge in [-0.25, -0.2) is 0 Å². The first-order valence-corrected chi connectivity index (χ1v) is 6.05. The third-order valence-corrected chi connectivity index (χ3v) is 3.63. The number of methoxy groups -OCH3 is 2. The van der Waals surface area contributed by atoms with Crippen molar-refractivity contribution in [3.63, 3.8) is 0 Å². The van der Waals surface area contributed by atoms with Gasteiger partial charge in [0.05, 0.1) is 18.7 Å². The minimum atomic E-state index is 0.557. The van der Waals surface area contributed by atoms with Crippen LogP contribution in [0.5, 0.6) is 11.5 Å². The first-order valence-electron chi connectivity index (χ1n) is 5.25. The second-order valence-electron chi connectivity index (χ2n) is 4.15. The Morgan fingerprint density at radius 1 is 1.19 bits per heavy atom. The highest BCUT2D eigenvalue weighted by molar-refractivity contribution is 9.10. The van der Waals surface area contributed by atoms with E-state index in [-0.39, 0.29) is 0 Å². The smallest absolute Gasteiger partial charge is 0.133 e. The maximum absolute atomic E-state index is 5.41. The van der Waals surface area contributed by atoms with E-state index in [0.717, 1.165) is 29.1 Å². The Bertz CT molecular complexity index is 389. The Morgan fingerprint density at radius 2 is 1.81 bits per heavy atom. The number of benzene rings is 1. The van der Waals surface area contributed by atoms with Crippen molar-refractivity contribution in [2.45, 2.75) is 5.92 Å². The molecule has 2 rings (SSSR count). The molecular formula is C12H16BrNO2. The molecule has 1 heterocycles. The molecule has 0 amide bonds. The molecule has 1 saturated heterocycles. The van der Waals surface area contributed by atoms with Crippen LogP contribution in [0.4, 0.5) is 0 Å². The van der Waals surface area contributed by atoms with Crippen LogP contribution in [0.1, 0.15) is 11.5 Å². The van der Waals surface area contributed by atoms with E-state index in [4.69, 9.17) is 9.47 Å². The van der Waals surface area contributed by atoms with Gasteiger partial charge in [-0.1, -0.05) is 0 Å². The third-order valence-electron chi connectivity index (χ3n) is 3.01. The van der Waals surface area contributed by atoms with E-state index in [0.29, 0.717) is 5.92 Å². The van der Waals surface area contributed by atoms with Gasteiger partial charge in [0.2, 0.25) is 0 Å². The van der Waals surface area contributed by atoms with Crippen molar-refractivity contribution in [3.05, 3.63) is 22.2 Å². The second kappa shape index (κ2) is 4.63. The molecule has 0 aromatic heterocycles. The number of rotatable bonds is 3. The molecule has 0 unspecified atom stereocenters. The average molecular weight is 286 g/mol. The molecule has 0 saturated carbocycles. The van der Waals surface area contributed by atoms with Gasteiger partial charge in [-0.2, -0.15) is 0 Å². The highest BCUT2D eigenvalue weighted by atomic mass is 79.9. The molecule has 1 aliphatic heterocycles. The summed E-state index contributed by atoms with van der Waals surface area (Å²) in [7, 11) is 5.52. The fourth-order valence-corrected chi connectivity index (χ4v) is 2.58. The quantitative estimate of drug-likeness (QED) is 0.852. The Morgan fingerprint density at radius 3 is 2.31 bits per heavy atom. The Balaban J connectivity index is 2.34. The van der Waals surface area contributed by atoms with Crippen LogP contribution in [0.25, 0.3) is 0 Å². The molecule has 0 spiro atoms. The lowest BCUT2D eigenvalue weighted by Gasteiger charge is -2.37. The number of ether oxygens (including phenoxy) is 2. The molecule has 1 aromatic carbocycles. The van der Waals surface area contributed by atoms with Crippen LogP contribution >= 0.6 is 15.9 Å². The van der Waals surface area contributed by atoms with Gasteiger partial charge in [0, 0.05) is 24.6 Å². The molecule has 0 bridgehead atoms. The summed E-state index contributed by atoms with van der Waals surface area (Å²) < 4.78 is 11.7. The van der Waals surface area contributed by atoms with Crippen LogP contribution in [0.2, 0.25) is 0 Å². The Labute approximate surface area is 104 Å². The number of likely N-dealkylation sites (N-methyl/N-ethyl adjacent to an activating group) is 1. The first kappa shape index (κ1) is 11.7. The number of hydrogen-bond donors (Lipinski definition) is 0. The maximum Gasteiger partial charge on any atom is 0.133 e. The lowest BCUT2D eigenvalue weighted by molar-refractivity contribution is 0.186. The van der Waals surface area contributed by atoms with Crippen molar-refractivity contribution >= 4 is 15.9 Å². The standard InChI is InChI=1S/C12H16BrNO2/c1-14-6-8(7-14)9-4-12(16-3)10(13)5-11(9)15-2/h4-5,8H,6-7H2,1-3H3. The van der Waals surface area contributed by atoms with Crippen molar-refractivity contribution in [3.8, 4) is 11.5 Å². The van der Waals surface area contributed by atoms with Crippen LogP contribution in [-0.4, -0.2) is 39.3 Å². The van der Waals surface area contributed by atoms with E-state index in [1.165, 1.54) is 5.56 Å². The van der Waals surface area contributed by atoms with Crippen LogP contribution in [0.3, 0.4) is 0 Å². The molecule has 16 heavy (non-hydrogen) atoms. The molecule has 3 nitrogen and oxygen atoms in total. The number of nitrogens with zero attached hydrogens (tertiary/aromatic N) is 1. The minimum Gasteiger partial charge on any atom is -0.496 e. The van der Waals surface area contributed by atoms with Gasteiger partial charge in [0.1, 0.15) is 11.5 Å². The predicted molar refractivity (Wildman–Crippen MR) is 67.5 cm³/mol. The summed E-state index contributed by atoms with van der Waals surface area (Å²) in [5, 5.41) is 0. The van der Waals surface area contributed by atoms with Gasteiger partial charge < -0.3 is 14.4 Å². The molecule has 88 valence electrons. The topological polar surface area (TPSA) is 21.7 Å². The van der Waals surface area contributed by atoms with Crippen LogP contribution in [0.15, 0.2) is 16.6 Å². The third kappa shape index (κ3) is 2.04. The zero-order valence-corrected chi connectivity index (χ0v) is 11.4. The number of hydrogen-bond acceptors (Lipinski definition) is 3. The van der Waals surface area contributed by atoms with E-state index in [9.17, 15) is 0 Å². The van der Waals surface area contributed by atoms with Crippen molar-refractivity contribution in [1.29, 1.82) is 0 Å². The van der Waals surface area contributed by atoms with E-state index in [1.807, 2.05) is 6.07 Å². The van der Waals surface area contributed by atoms with Crippen molar-refractivity contribution < 1.29 is 9.47 Å². The van der Waals surface area contributed by atoms with E-state index in [2.05, 4.69) is 33.9 Å². The molecule has 0 aliphatic carbocycles. The Hall–Kier alpha value is -0.740. The van der Waals surface area contributed by atoms with E-state index >= 15 is 0 Å². The molecule has 0 N–H and O–H groups in total. The van der Waals surface area contributed by atoms with Gasteiger partial charge >= 0.3 is 0 Å². The minimum absolute atomic E-state index is 0.557. The monoisotopic (exact) mass is 285 g/mol. The summed E-state index contributed by atoms with van der Waals surface area (Å²) in [6, 6.07) is 4.05. The van der Waals surface area contributed by atoms with Crippen molar-refractivity contribution in [2.75, 3.05) is 34.4 Å². The van der Waals surface area contributed by atoms with Crippen LogP contribution in [0, 0.1) is 0 Å². The molecule has 0 atom stereocenters. The van der Waals surface area contributed by atoms with Crippen molar-refractivity contribution in [1.82, 2.24) is 4.90 Å². The first-order chi connectivity index (χ1) is 7.65. The molecule has 0 radical (unpaired) electrons. The predicted octanol–water partition coefficient (Wildman–Crippen LogP) is 2.50. The summed E-state index contributed by atoms with van der Waals surface area (Å²) in [6.45, 7) is 2.17. The van der Waals surface area contributed by atoms with Gasteiger partial charge in [-0.3, -0.25) is 0 Å². The molecule has 1 fully saturated rings. The zero-order chi connectivity index (χ0) is 11.7. The summed E-state index contributed by atoms with van der Waals surface area (Å²) in [4.78, 5) is 2.29. The van der Waals surface area contributed by atoms with Gasteiger partial charge in [-0.15, -0.1) is 0 Å². The summed E-state index contributed by atoms with van der Waals surface area (Å²) in [5.74, 6) is 2.36. The molecule has 1 aliphatic rings. The van der Waals surface area contributed by atoms with Crippen LogP contribution < -0.4 is 9.47 Å². The summed E-state index contributed by atoms with van der Waals surface area (Å²) >= 11 is 3.47. The van der Waals surface area contributed by atoms with Gasteiger partial charge in [0.25, 0.3) is 0 Å². The maximum atomic E-state index is 5.41. The van der Waals surface area contributed by atoms with Gasteiger partial charge in [-0.05, 0) is 35.1 Å². The van der Waals surface area contributed by atoms with E-state index < -0.39 is 0 Å². The largest absolute Gasteiger partial charge is 0.496 e. The van der Waals surface area contributed by atoms with Crippen molar-refractivity contribution in [2.24, 2.45) is 0 Å². The highest BCUT2D eigenvalue weighted by Gasteiger charge is 2.28.